The van der Waals surface area contributed by atoms with Crippen molar-refractivity contribution in [3.05, 3.63) is 30.1 Å². The molecule has 0 spiro atoms. The highest BCUT2D eigenvalue weighted by atomic mass is 32.2. The summed E-state index contributed by atoms with van der Waals surface area (Å²) in [5.41, 5.74) is 0.650. The number of carbonyl (C=O) groups is 1. The number of aromatic nitrogens is 1. The first-order chi connectivity index (χ1) is 10.5. The molecule has 0 aromatic carbocycles. The van der Waals surface area contributed by atoms with Gasteiger partial charge in [-0.25, -0.2) is 0 Å². The van der Waals surface area contributed by atoms with Gasteiger partial charge in [0.05, 0.1) is 5.92 Å². The van der Waals surface area contributed by atoms with Gasteiger partial charge in [0, 0.05) is 23.1 Å². The zero-order chi connectivity index (χ0) is 17.8. The molecule has 1 aromatic heterocycles. The zero-order valence-corrected chi connectivity index (χ0v) is 16.9. The van der Waals surface area contributed by atoms with E-state index in [-0.39, 0.29) is 10.7 Å². The average molecular weight is 372 g/mol. The van der Waals surface area contributed by atoms with Crippen LogP contribution in [0.4, 0.5) is 0 Å². The van der Waals surface area contributed by atoms with Gasteiger partial charge in [0.2, 0.25) is 0 Å². The normalized spacial score (nSPS) is 15.0. The second kappa shape index (κ2) is 7.99. The number of thioether (sulfide) groups is 2. The Kier molecular flexibility index (Phi) is 7.11. The second-order valence-corrected chi connectivity index (χ2v) is 10.4. The van der Waals surface area contributed by atoms with Gasteiger partial charge in [0.25, 0.3) is 0 Å². The molecule has 3 nitrogen and oxygen atoms in total. The van der Waals surface area contributed by atoms with E-state index >= 15 is 0 Å². The smallest absolute Gasteiger partial charge is 0.306 e. The number of carboxylic acid groups (broad SMARTS) is 1. The minimum Gasteiger partial charge on any atom is -0.481 e. The van der Waals surface area contributed by atoms with Crippen molar-refractivity contribution in [2.45, 2.75) is 45.3 Å². The van der Waals surface area contributed by atoms with E-state index in [1.807, 2.05) is 32.2 Å². The number of aliphatic carboxylic acids is 1. The Bertz CT molecular complexity index is 558. The van der Waals surface area contributed by atoms with Crippen LogP contribution in [0.25, 0.3) is 0 Å². The molecule has 0 aliphatic heterocycles. The van der Waals surface area contributed by atoms with Gasteiger partial charge in [-0.15, -0.1) is 23.5 Å². The standard InChI is InChI=1S/C17H25NO2S3/c1-11(14(19)20)16(2,3)13(12-7-9-18-10-8-12)17(4,5)23-15(21)22-6/h7-11,13H,1-6H3,(H,19,20). The molecule has 128 valence electrons. The Morgan fingerprint density at radius 3 is 2.22 bits per heavy atom. The fraction of sp³-hybridized carbons (Fsp3) is 0.588. The minimum atomic E-state index is -0.776. The third-order valence-electron chi connectivity index (χ3n) is 4.48. The fourth-order valence-electron chi connectivity index (χ4n) is 3.17. The Morgan fingerprint density at radius 1 is 1.26 bits per heavy atom. The summed E-state index contributed by atoms with van der Waals surface area (Å²) in [6.45, 7) is 10.1. The molecule has 0 bridgehead atoms. The maximum Gasteiger partial charge on any atom is 0.306 e. The molecule has 2 unspecified atom stereocenters. The predicted octanol–water partition coefficient (Wildman–Crippen LogP) is 5.07. The molecule has 0 aliphatic carbocycles. The van der Waals surface area contributed by atoms with Crippen LogP contribution in [0.2, 0.25) is 0 Å². The van der Waals surface area contributed by atoms with Crippen molar-refractivity contribution in [1.82, 2.24) is 4.98 Å². The molecule has 1 heterocycles. The lowest BCUT2D eigenvalue weighted by atomic mass is 9.63. The third kappa shape index (κ3) is 4.94. The van der Waals surface area contributed by atoms with Crippen molar-refractivity contribution < 1.29 is 9.90 Å². The number of carboxylic acids is 1. The van der Waals surface area contributed by atoms with Crippen LogP contribution in [-0.4, -0.2) is 30.6 Å². The van der Waals surface area contributed by atoms with Gasteiger partial charge >= 0.3 is 5.97 Å². The quantitative estimate of drug-likeness (QED) is 0.704. The van der Waals surface area contributed by atoms with E-state index in [0.717, 1.165) is 9.09 Å². The lowest BCUT2D eigenvalue weighted by Gasteiger charge is -2.46. The van der Waals surface area contributed by atoms with Gasteiger partial charge in [-0.05, 0) is 43.2 Å². The molecule has 1 rings (SSSR count). The van der Waals surface area contributed by atoms with Gasteiger partial charge in [-0.2, -0.15) is 0 Å². The Hall–Kier alpha value is -0.590. The number of hydrogen-bond donors (Lipinski definition) is 1. The van der Waals surface area contributed by atoms with E-state index in [2.05, 4.69) is 18.8 Å². The van der Waals surface area contributed by atoms with Gasteiger partial charge in [0.15, 0.2) is 0 Å². The van der Waals surface area contributed by atoms with Crippen molar-refractivity contribution in [3.63, 3.8) is 0 Å². The number of rotatable bonds is 6. The van der Waals surface area contributed by atoms with Crippen molar-refractivity contribution in [3.8, 4) is 0 Å². The van der Waals surface area contributed by atoms with E-state index in [4.69, 9.17) is 12.2 Å². The van der Waals surface area contributed by atoms with E-state index in [0.29, 0.717) is 0 Å². The second-order valence-electron chi connectivity index (χ2n) is 6.75. The van der Waals surface area contributed by atoms with Crippen LogP contribution >= 0.6 is 35.7 Å². The van der Waals surface area contributed by atoms with E-state index in [9.17, 15) is 9.90 Å². The summed E-state index contributed by atoms with van der Waals surface area (Å²) in [6, 6.07) is 3.96. The van der Waals surface area contributed by atoms with E-state index in [1.54, 1.807) is 42.8 Å². The first-order valence-electron chi connectivity index (χ1n) is 7.43. The molecule has 0 fully saturated rings. The molecule has 23 heavy (non-hydrogen) atoms. The Labute approximate surface area is 153 Å². The molecule has 6 heteroatoms. The van der Waals surface area contributed by atoms with Gasteiger partial charge in [0.1, 0.15) is 3.53 Å². The SMILES string of the molecule is CSC(=S)SC(C)(C)C(c1ccncc1)C(C)(C)C(C)C(=O)O. The van der Waals surface area contributed by atoms with E-state index < -0.39 is 17.3 Å². The lowest BCUT2D eigenvalue weighted by molar-refractivity contribution is -0.145. The summed E-state index contributed by atoms with van der Waals surface area (Å²) in [5.74, 6) is -1.25. The predicted molar refractivity (Wildman–Crippen MR) is 105 cm³/mol. The third-order valence-corrected chi connectivity index (χ3v) is 7.24. The van der Waals surface area contributed by atoms with Crippen LogP contribution < -0.4 is 0 Å². The summed E-state index contributed by atoms with van der Waals surface area (Å²) in [5, 5.41) is 9.56. The molecule has 2 atom stereocenters. The van der Waals surface area contributed by atoms with Crippen LogP contribution in [0, 0.1) is 11.3 Å². The number of thiocarbonyl (C=S) groups is 1. The maximum atomic E-state index is 11.6. The average Bonchev–Trinajstić information content (AvgIpc) is 2.46. The Balaban J connectivity index is 3.39. The van der Waals surface area contributed by atoms with Gasteiger partial charge < -0.3 is 5.11 Å². The van der Waals surface area contributed by atoms with Gasteiger partial charge in [-0.3, -0.25) is 9.78 Å². The highest BCUT2D eigenvalue weighted by Gasteiger charge is 2.47. The Morgan fingerprint density at radius 2 is 1.78 bits per heavy atom. The fourth-order valence-corrected chi connectivity index (χ4v) is 5.78. The van der Waals surface area contributed by atoms with Crippen LogP contribution in [0.5, 0.6) is 0 Å². The maximum absolute atomic E-state index is 11.6. The van der Waals surface area contributed by atoms with Crippen molar-refractivity contribution in [2.75, 3.05) is 6.26 Å². The zero-order valence-electron chi connectivity index (χ0n) is 14.5. The monoisotopic (exact) mass is 371 g/mol. The summed E-state index contributed by atoms with van der Waals surface area (Å²) < 4.78 is 0.627. The molecule has 1 N–H and O–H groups in total. The topological polar surface area (TPSA) is 50.2 Å². The largest absolute Gasteiger partial charge is 0.481 e. The summed E-state index contributed by atoms with van der Waals surface area (Å²) in [6.07, 6.45) is 5.49. The molecule has 0 saturated carbocycles. The van der Waals surface area contributed by atoms with Crippen LogP contribution in [0.1, 0.15) is 46.1 Å². The minimum absolute atomic E-state index is 0.0131. The van der Waals surface area contributed by atoms with Crippen molar-refractivity contribution >= 4 is 45.2 Å². The molecular weight excluding hydrogens is 346 g/mol. The van der Waals surface area contributed by atoms with Crippen molar-refractivity contribution in [1.29, 1.82) is 0 Å². The molecule has 0 saturated heterocycles. The number of nitrogens with zero attached hydrogens (tertiary/aromatic N) is 1. The highest BCUT2D eigenvalue weighted by molar-refractivity contribution is 8.47. The highest BCUT2D eigenvalue weighted by Crippen LogP contribution is 2.53. The van der Waals surface area contributed by atoms with Gasteiger partial charge in [-0.1, -0.05) is 33.0 Å². The number of pyridine rings is 1. The number of hydrogen-bond acceptors (Lipinski definition) is 5. The molecule has 0 aliphatic rings. The summed E-state index contributed by atoms with van der Waals surface area (Å²) in [7, 11) is 0. The molecule has 0 amide bonds. The molecule has 0 radical (unpaired) electrons. The van der Waals surface area contributed by atoms with Crippen LogP contribution in [-0.2, 0) is 4.79 Å². The van der Waals surface area contributed by atoms with Crippen LogP contribution in [0.15, 0.2) is 24.5 Å². The summed E-state index contributed by atoms with van der Waals surface area (Å²) >= 11 is 8.61. The first kappa shape index (κ1) is 20.5. The molecular formula is C17H25NO2S3. The lowest BCUT2D eigenvalue weighted by Crippen LogP contribution is -2.43. The van der Waals surface area contributed by atoms with Crippen LogP contribution in [0.3, 0.4) is 0 Å². The molecule has 1 aromatic rings. The van der Waals surface area contributed by atoms with E-state index in [1.165, 1.54) is 0 Å². The van der Waals surface area contributed by atoms with Crippen molar-refractivity contribution in [2.24, 2.45) is 11.3 Å². The summed E-state index contributed by atoms with van der Waals surface area (Å²) in [4.78, 5) is 15.7. The first-order valence-corrected chi connectivity index (χ1v) is 9.88.